The van der Waals surface area contributed by atoms with Gasteiger partial charge >= 0.3 is 17.9 Å². The van der Waals surface area contributed by atoms with Crippen LogP contribution in [0.2, 0.25) is 0 Å². The van der Waals surface area contributed by atoms with Crippen LogP contribution in [0.25, 0.3) is 0 Å². The fourth-order valence-electron chi connectivity index (χ4n) is 7.70. The Bertz CT molecular complexity index is 1300. The lowest BCUT2D eigenvalue weighted by molar-refractivity contribution is -0.166. The second-order valence-corrected chi connectivity index (χ2v) is 18.5. The standard InChI is InChI=1S/C61H104O6/c1-4-7-10-13-16-19-22-24-25-26-27-28-29-30-31-32-33-34-35-37-39-42-45-48-51-54-60(63)66-57-58(56-65-59(62)53-50-47-44-41-38-21-18-15-12-9-6-3)67-61(64)55-52-49-46-43-40-36-23-20-17-14-11-8-5-2/h8,11,17,20,22,24,26-27,29-30,36,40,46,49,58H,4-7,9-10,12-16,18-19,21,23,25,28,31-35,37-39,41-45,47-48,50-57H2,1-3H3/b11-8-,20-17-,24-22-,27-26-,30-29-,40-36-,49-46-. The van der Waals surface area contributed by atoms with Crippen LogP contribution in [-0.4, -0.2) is 37.2 Å². The lowest BCUT2D eigenvalue weighted by Crippen LogP contribution is -2.30. The Balaban J connectivity index is 4.31. The lowest BCUT2D eigenvalue weighted by Gasteiger charge is -2.18. The molecule has 0 rings (SSSR count). The SMILES string of the molecule is CC/C=C\C/C=C\C/C=C\C/C=C\CCC(=O)OC(COC(=O)CCCCCCCCCCCCC)COC(=O)CCCCCCCCCCCC/C=C\C/C=C\C/C=C\CCCCCCC. The van der Waals surface area contributed by atoms with Crippen LogP contribution in [0, 0.1) is 0 Å². The van der Waals surface area contributed by atoms with Crippen molar-refractivity contribution >= 4 is 17.9 Å². The van der Waals surface area contributed by atoms with Crippen molar-refractivity contribution in [1.82, 2.24) is 0 Å². The molecule has 0 saturated heterocycles. The maximum absolute atomic E-state index is 12.8. The number of carbonyl (C=O) groups is 3. The van der Waals surface area contributed by atoms with E-state index in [0.29, 0.717) is 19.3 Å². The molecule has 6 nitrogen and oxygen atoms in total. The molecule has 0 aliphatic rings. The molecule has 0 aromatic heterocycles. The van der Waals surface area contributed by atoms with Gasteiger partial charge in [0.15, 0.2) is 6.10 Å². The van der Waals surface area contributed by atoms with Gasteiger partial charge in [-0.15, -0.1) is 0 Å². The Morgan fingerprint density at radius 2 is 0.612 bits per heavy atom. The number of carbonyl (C=O) groups excluding carboxylic acids is 3. The van der Waals surface area contributed by atoms with E-state index in [1.54, 1.807) is 0 Å². The van der Waals surface area contributed by atoms with Crippen LogP contribution < -0.4 is 0 Å². The van der Waals surface area contributed by atoms with E-state index < -0.39 is 12.1 Å². The van der Waals surface area contributed by atoms with E-state index >= 15 is 0 Å². The minimum absolute atomic E-state index is 0.105. The van der Waals surface area contributed by atoms with Gasteiger partial charge in [0.05, 0.1) is 0 Å². The van der Waals surface area contributed by atoms with Gasteiger partial charge in [-0.05, 0) is 83.5 Å². The Morgan fingerprint density at radius 1 is 0.313 bits per heavy atom. The second-order valence-electron chi connectivity index (χ2n) is 18.5. The third-order valence-corrected chi connectivity index (χ3v) is 11.9. The van der Waals surface area contributed by atoms with Crippen LogP contribution in [0.1, 0.15) is 265 Å². The average molecular weight is 933 g/mol. The van der Waals surface area contributed by atoms with Crippen LogP contribution in [0.5, 0.6) is 0 Å². The zero-order valence-electron chi connectivity index (χ0n) is 43.9. The van der Waals surface area contributed by atoms with Crippen molar-refractivity contribution in [2.45, 2.75) is 271 Å². The fraction of sp³-hybridized carbons (Fsp3) is 0.721. The number of hydrogen-bond acceptors (Lipinski definition) is 6. The Hall–Kier alpha value is -3.41. The van der Waals surface area contributed by atoms with Crippen LogP contribution in [0.3, 0.4) is 0 Å². The summed E-state index contributed by atoms with van der Waals surface area (Å²) in [7, 11) is 0. The number of rotatable bonds is 50. The highest BCUT2D eigenvalue weighted by Gasteiger charge is 2.19. The van der Waals surface area contributed by atoms with Gasteiger partial charge < -0.3 is 14.2 Å². The molecular formula is C61H104O6. The van der Waals surface area contributed by atoms with Gasteiger partial charge in [-0.2, -0.15) is 0 Å². The molecule has 0 aromatic rings. The molecule has 0 aliphatic carbocycles. The Morgan fingerprint density at radius 3 is 0.970 bits per heavy atom. The normalized spacial score (nSPS) is 12.7. The first-order valence-electron chi connectivity index (χ1n) is 28.1. The Labute approximate surface area is 414 Å². The van der Waals surface area contributed by atoms with E-state index in [1.807, 2.05) is 12.2 Å². The monoisotopic (exact) mass is 933 g/mol. The molecule has 6 heteroatoms. The quantitative estimate of drug-likeness (QED) is 0.0262. The van der Waals surface area contributed by atoms with Crippen molar-refractivity contribution in [3.05, 3.63) is 85.1 Å². The molecule has 0 aromatic carbocycles. The molecule has 1 unspecified atom stereocenters. The van der Waals surface area contributed by atoms with Crippen LogP contribution in [-0.2, 0) is 28.6 Å². The van der Waals surface area contributed by atoms with E-state index in [-0.39, 0.29) is 31.6 Å². The molecule has 1 atom stereocenters. The largest absolute Gasteiger partial charge is 0.462 e. The molecule has 0 radical (unpaired) electrons. The minimum Gasteiger partial charge on any atom is -0.462 e. The molecule has 0 bridgehead atoms. The van der Waals surface area contributed by atoms with E-state index in [4.69, 9.17) is 14.2 Å². The van der Waals surface area contributed by atoms with Crippen LogP contribution in [0.4, 0.5) is 0 Å². The third-order valence-electron chi connectivity index (χ3n) is 11.9. The molecule has 0 heterocycles. The summed E-state index contributed by atoms with van der Waals surface area (Å²) in [6, 6.07) is 0. The second kappa shape index (κ2) is 55.2. The average Bonchev–Trinajstić information content (AvgIpc) is 3.33. The topological polar surface area (TPSA) is 78.9 Å². The predicted octanol–water partition coefficient (Wildman–Crippen LogP) is 18.8. The molecule has 0 spiro atoms. The first kappa shape index (κ1) is 63.6. The van der Waals surface area contributed by atoms with E-state index in [9.17, 15) is 14.4 Å². The molecular weight excluding hydrogens is 829 g/mol. The van der Waals surface area contributed by atoms with Gasteiger partial charge in [-0.3, -0.25) is 14.4 Å². The number of allylic oxidation sites excluding steroid dienone is 14. The summed E-state index contributed by atoms with van der Waals surface area (Å²) in [5.74, 6) is -0.989. The molecule has 0 aliphatic heterocycles. The first-order chi connectivity index (χ1) is 33.0. The van der Waals surface area contributed by atoms with Crippen molar-refractivity contribution in [3.63, 3.8) is 0 Å². The van der Waals surface area contributed by atoms with Crippen LogP contribution in [0.15, 0.2) is 85.1 Å². The summed E-state index contributed by atoms with van der Waals surface area (Å²) in [4.78, 5) is 38.0. The van der Waals surface area contributed by atoms with Gasteiger partial charge in [0.25, 0.3) is 0 Å². The van der Waals surface area contributed by atoms with Gasteiger partial charge in [-0.25, -0.2) is 0 Å². The summed E-state index contributed by atoms with van der Waals surface area (Å²) in [6.07, 6.45) is 71.7. The third kappa shape index (κ3) is 53.4. The maximum Gasteiger partial charge on any atom is 0.306 e. The van der Waals surface area contributed by atoms with Gasteiger partial charge in [0.1, 0.15) is 13.2 Å². The highest BCUT2D eigenvalue weighted by atomic mass is 16.6. The number of ether oxygens (including phenoxy) is 3. The molecule has 67 heavy (non-hydrogen) atoms. The zero-order valence-corrected chi connectivity index (χ0v) is 43.9. The molecule has 0 saturated carbocycles. The van der Waals surface area contributed by atoms with Crippen molar-refractivity contribution in [3.8, 4) is 0 Å². The molecule has 0 amide bonds. The summed E-state index contributed by atoms with van der Waals surface area (Å²) in [5, 5.41) is 0. The maximum atomic E-state index is 12.8. The predicted molar refractivity (Wildman–Crippen MR) is 288 cm³/mol. The van der Waals surface area contributed by atoms with Crippen molar-refractivity contribution in [1.29, 1.82) is 0 Å². The van der Waals surface area contributed by atoms with Gasteiger partial charge in [0, 0.05) is 19.3 Å². The minimum atomic E-state index is -0.814. The van der Waals surface area contributed by atoms with Crippen molar-refractivity contribution in [2.75, 3.05) is 13.2 Å². The fourth-order valence-corrected chi connectivity index (χ4v) is 7.70. The lowest BCUT2D eigenvalue weighted by atomic mass is 10.1. The molecule has 0 fully saturated rings. The number of unbranched alkanes of at least 4 members (excludes halogenated alkanes) is 25. The zero-order chi connectivity index (χ0) is 48.6. The highest BCUT2D eigenvalue weighted by Crippen LogP contribution is 2.15. The molecule has 384 valence electrons. The Kier molecular flexibility index (Phi) is 52.4. The van der Waals surface area contributed by atoms with Crippen molar-refractivity contribution in [2.24, 2.45) is 0 Å². The van der Waals surface area contributed by atoms with Gasteiger partial charge in [-0.1, -0.05) is 247 Å². The summed E-state index contributed by atoms with van der Waals surface area (Å²) in [5.41, 5.74) is 0. The van der Waals surface area contributed by atoms with E-state index in [0.717, 1.165) is 77.0 Å². The van der Waals surface area contributed by atoms with Crippen LogP contribution >= 0.6 is 0 Å². The summed E-state index contributed by atoms with van der Waals surface area (Å²) in [6.45, 7) is 6.44. The molecule has 0 N–H and O–H groups in total. The number of esters is 3. The van der Waals surface area contributed by atoms with Crippen molar-refractivity contribution < 1.29 is 28.6 Å². The van der Waals surface area contributed by atoms with E-state index in [2.05, 4.69) is 93.7 Å². The smallest absolute Gasteiger partial charge is 0.306 e. The number of hydrogen-bond donors (Lipinski definition) is 0. The van der Waals surface area contributed by atoms with Gasteiger partial charge in [0.2, 0.25) is 0 Å². The summed E-state index contributed by atoms with van der Waals surface area (Å²) < 4.78 is 16.7. The summed E-state index contributed by atoms with van der Waals surface area (Å²) >= 11 is 0. The highest BCUT2D eigenvalue weighted by molar-refractivity contribution is 5.71. The first-order valence-corrected chi connectivity index (χ1v) is 28.1. The van der Waals surface area contributed by atoms with E-state index in [1.165, 1.54) is 141 Å².